The third kappa shape index (κ3) is 1.93. The van der Waals surface area contributed by atoms with Crippen molar-refractivity contribution < 1.29 is 4.92 Å². The van der Waals surface area contributed by atoms with Crippen LogP contribution in [0.1, 0.15) is 18.9 Å². The number of benzene rings is 1. The summed E-state index contributed by atoms with van der Waals surface area (Å²) in [5.41, 5.74) is 1.80. The van der Waals surface area contributed by atoms with E-state index in [4.69, 9.17) is 0 Å². The van der Waals surface area contributed by atoms with Gasteiger partial charge in [0.15, 0.2) is 0 Å². The predicted octanol–water partition coefficient (Wildman–Crippen LogP) is 2.72. The molecule has 0 heterocycles. The molecule has 2 unspecified atom stereocenters. The van der Waals surface area contributed by atoms with Crippen LogP contribution in [0, 0.1) is 23.0 Å². The van der Waals surface area contributed by atoms with Gasteiger partial charge in [0.1, 0.15) is 0 Å². The number of hydrogen-bond acceptors (Lipinski definition) is 3. The zero-order chi connectivity index (χ0) is 11.0. The monoisotopic (exact) mass is 206 g/mol. The first-order chi connectivity index (χ1) is 7.09. The molecule has 0 spiro atoms. The van der Waals surface area contributed by atoms with Gasteiger partial charge in [0.05, 0.1) is 4.92 Å². The van der Waals surface area contributed by atoms with Gasteiger partial charge in [-0.2, -0.15) is 0 Å². The Morgan fingerprint density at radius 3 is 2.73 bits per heavy atom. The van der Waals surface area contributed by atoms with Gasteiger partial charge in [-0.25, -0.2) is 0 Å². The lowest BCUT2D eigenvalue weighted by molar-refractivity contribution is -0.385. The van der Waals surface area contributed by atoms with Gasteiger partial charge in [0, 0.05) is 23.4 Å². The molecule has 0 aliphatic heterocycles. The molecule has 0 amide bonds. The fraction of sp³-hybridized carbons (Fsp3) is 0.455. The first-order valence-corrected chi connectivity index (χ1v) is 5.10. The molecule has 80 valence electrons. The summed E-state index contributed by atoms with van der Waals surface area (Å²) < 4.78 is 0. The number of hydrogen-bond donors (Lipinski definition) is 1. The van der Waals surface area contributed by atoms with Gasteiger partial charge in [0.2, 0.25) is 0 Å². The molecule has 1 aliphatic carbocycles. The smallest absolute Gasteiger partial charge is 0.274 e. The normalized spacial score (nSPS) is 23.6. The minimum Gasteiger partial charge on any atom is -0.382 e. The highest BCUT2D eigenvalue weighted by atomic mass is 16.6. The van der Waals surface area contributed by atoms with Crippen LogP contribution in [0.2, 0.25) is 0 Å². The molecule has 1 aliphatic rings. The lowest BCUT2D eigenvalue weighted by Crippen LogP contribution is -2.05. The Bertz CT molecular complexity index is 404. The van der Waals surface area contributed by atoms with Crippen molar-refractivity contribution >= 4 is 11.4 Å². The van der Waals surface area contributed by atoms with Crippen LogP contribution in [0.15, 0.2) is 18.2 Å². The predicted molar refractivity (Wildman–Crippen MR) is 59.0 cm³/mol. The van der Waals surface area contributed by atoms with E-state index in [2.05, 4.69) is 12.2 Å². The van der Waals surface area contributed by atoms with Crippen molar-refractivity contribution in [2.45, 2.75) is 26.3 Å². The van der Waals surface area contributed by atoms with E-state index in [1.165, 1.54) is 6.07 Å². The van der Waals surface area contributed by atoms with Crippen molar-refractivity contribution in [1.29, 1.82) is 0 Å². The maximum atomic E-state index is 10.7. The Balaban J connectivity index is 2.23. The van der Waals surface area contributed by atoms with E-state index >= 15 is 0 Å². The summed E-state index contributed by atoms with van der Waals surface area (Å²) in [5, 5.41) is 14.0. The van der Waals surface area contributed by atoms with Gasteiger partial charge in [0.25, 0.3) is 5.69 Å². The van der Waals surface area contributed by atoms with E-state index in [9.17, 15) is 10.1 Å². The highest BCUT2D eigenvalue weighted by Crippen LogP contribution is 2.35. The SMILES string of the molecule is Cc1c(NC2CC2C)cccc1[N+](=O)[O-]. The quantitative estimate of drug-likeness (QED) is 0.611. The molecule has 4 heteroatoms. The van der Waals surface area contributed by atoms with Crippen LogP contribution in [0.4, 0.5) is 11.4 Å². The summed E-state index contributed by atoms with van der Waals surface area (Å²) in [5.74, 6) is 0.684. The molecule has 0 radical (unpaired) electrons. The maximum Gasteiger partial charge on any atom is 0.274 e. The van der Waals surface area contributed by atoms with Crippen LogP contribution < -0.4 is 5.32 Å². The second kappa shape index (κ2) is 3.53. The van der Waals surface area contributed by atoms with E-state index in [1.54, 1.807) is 13.0 Å². The number of rotatable bonds is 3. The Labute approximate surface area is 88.5 Å². The van der Waals surface area contributed by atoms with Crippen molar-refractivity contribution in [3.8, 4) is 0 Å². The zero-order valence-corrected chi connectivity index (χ0v) is 8.86. The van der Waals surface area contributed by atoms with E-state index in [0.29, 0.717) is 12.0 Å². The van der Waals surface area contributed by atoms with Gasteiger partial charge >= 0.3 is 0 Å². The van der Waals surface area contributed by atoms with E-state index in [0.717, 1.165) is 17.7 Å². The number of nitro benzene ring substituents is 1. The highest BCUT2D eigenvalue weighted by molar-refractivity contribution is 5.60. The molecule has 15 heavy (non-hydrogen) atoms. The van der Waals surface area contributed by atoms with Crippen LogP contribution in [0.25, 0.3) is 0 Å². The van der Waals surface area contributed by atoms with Crippen LogP contribution in [-0.4, -0.2) is 11.0 Å². The summed E-state index contributed by atoms with van der Waals surface area (Å²) in [6, 6.07) is 5.65. The molecule has 1 N–H and O–H groups in total. The molecule has 0 aromatic heterocycles. The number of nitrogens with zero attached hydrogens (tertiary/aromatic N) is 1. The number of anilines is 1. The van der Waals surface area contributed by atoms with Crippen LogP contribution in [0.3, 0.4) is 0 Å². The molecule has 2 atom stereocenters. The molecule has 1 aromatic carbocycles. The first kappa shape index (κ1) is 9.96. The van der Waals surface area contributed by atoms with Gasteiger partial charge in [-0.3, -0.25) is 10.1 Å². The average Bonchev–Trinajstić information content (AvgIpc) is 2.85. The molecular formula is C11H14N2O2. The van der Waals surface area contributed by atoms with Gasteiger partial charge < -0.3 is 5.32 Å². The minimum absolute atomic E-state index is 0.188. The van der Waals surface area contributed by atoms with Gasteiger partial charge in [-0.1, -0.05) is 13.0 Å². The summed E-state index contributed by atoms with van der Waals surface area (Å²) in [7, 11) is 0. The molecule has 0 bridgehead atoms. The molecule has 0 saturated heterocycles. The second-order valence-electron chi connectivity index (χ2n) is 4.17. The van der Waals surface area contributed by atoms with Crippen LogP contribution in [-0.2, 0) is 0 Å². The van der Waals surface area contributed by atoms with Crippen molar-refractivity contribution in [1.82, 2.24) is 0 Å². The summed E-state index contributed by atoms with van der Waals surface area (Å²) in [6.07, 6.45) is 1.15. The lowest BCUT2D eigenvalue weighted by atomic mass is 10.1. The number of nitro groups is 1. The standard InChI is InChI=1S/C11H14N2O2/c1-7-6-10(7)12-9-4-3-5-11(8(9)2)13(14)15/h3-5,7,10,12H,6H2,1-2H3. The summed E-state index contributed by atoms with van der Waals surface area (Å²) in [6.45, 7) is 3.96. The summed E-state index contributed by atoms with van der Waals surface area (Å²) in [4.78, 5) is 10.4. The van der Waals surface area contributed by atoms with E-state index in [1.807, 2.05) is 6.07 Å². The van der Waals surface area contributed by atoms with Gasteiger partial charge in [-0.05, 0) is 25.3 Å². The topological polar surface area (TPSA) is 55.2 Å². The molecule has 1 fully saturated rings. The Morgan fingerprint density at radius 2 is 2.20 bits per heavy atom. The third-order valence-electron chi connectivity index (χ3n) is 2.95. The molecule has 1 aromatic rings. The van der Waals surface area contributed by atoms with E-state index < -0.39 is 0 Å². The maximum absolute atomic E-state index is 10.7. The molecule has 1 saturated carbocycles. The molecule has 4 nitrogen and oxygen atoms in total. The first-order valence-electron chi connectivity index (χ1n) is 5.10. The Hall–Kier alpha value is -1.58. The highest BCUT2D eigenvalue weighted by Gasteiger charge is 2.33. The van der Waals surface area contributed by atoms with Crippen molar-refractivity contribution in [2.75, 3.05) is 5.32 Å². The van der Waals surface area contributed by atoms with Crippen LogP contribution in [0.5, 0.6) is 0 Å². The number of nitrogens with one attached hydrogen (secondary N) is 1. The van der Waals surface area contributed by atoms with Crippen molar-refractivity contribution in [3.63, 3.8) is 0 Å². The summed E-state index contributed by atoms with van der Waals surface area (Å²) >= 11 is 0. The van der Waals surface area contributed by atoms with Crippen LogP contribution >= 0.6 is 0 Å². The second-order valence-corrected chi connectivity index (χ2v) is 4.17. The largest absolute Gasteiger partial charge is 0.382 e. The van der Waals surface area contributed by atoms with Gasteiger partial charge in [-0.15, -0.1) is 0 Å². The molecule has 2 rings (SSSR count). The zero-order valence-electron chi connectivity index (χ0n) is 8.86. The Morgan fingerprint density at radius 1 is 1.53 bits per heavy atom. The lowest BCUT2D eigenvalue weighted by Gasteiger charge is -2.08. The molecular weight excluding hydrogens is 192 g/mol. The average molecular weight is 206 g/mol. The van der Waals surface area contributed by atoms with E-state index in [-0.39, 0.29) is 10.6 Å². The fourth-order valence-electron chi connectivity index (χ4n) is 1.70. The minimum atomic E-state index is -0.336. The fourth-order valence-corrected chi connectivity index (χ4v) is 1.70. The Kier molecular flexibility index (Phi) is 2.34. The van der Waals surface area contributed by atoms with Crippen molar-refractivity contribution in [3.05, 3.63) is 33.9 Å². The van der Waals surface area contributed by atoms with Crippen molar-refractivity contribution in [2.24, 2.45) is 5.92 Å². The third-order valence-corrected chi connectivity index (χ3v) is 2.95.